The van der Waals surface area contributed by atoms with Crippen molar-refractivity contribution in [3.63, 3.8) is 0 Å². The first-order valence-electron chi connectivity index (χ1n) is 11.5. The predicted octanol–water partition coefficient (Wildman–Crippen LogP) is 3.55. The molecule has 0 amide bonds. The molecule has 0 unspecified atom stereocenters. The van der Waals surface area contributed by atoms with E-state index in [2.05, 4.69) is 4.90 Å². The van der Waals surface area contributed by atoms with Crippen LogP contribution in [0, 0.1) is 0 Å². The third kappa shape index (κ3) is 3.81. The van der Waals surface area contributed by atoms with Gasteiger partial charge in [-0.05, 0) is 43.2 Å². The summed E-state index contributed by atoms with van der Waals surface area (Å²) in [4.78, 5) is 33.3. The number of imidazole rings is 1. The zero-order chi connectivity index (χ0) is 23.7. The Morgan fingerprint density at radius 2 is 1.79 bits per heavy atom. The lowest BCUT2D eigenvalue weighted by molar-refractivity contribution is 0.340. The summed E-state index contributed by atoms with van der Waals surface area (Å²) in [6, 6.07) is 17.6. The van der Waals surface area contributed by atoms with Gasteiger partial charge in [-0.3, -0.25) is 13.9 Å². The number of anilines is 2. The Balaban J connectivity index is 1.56. The Bertz CT molecular complexity index is 1460. The van der Waals surface area contributed by atoms with Gasteiger partial charge in [-0.15, -0.1) is 0 Å². The van der Waals surface area contributed by atoms with Gasteiger partial charge in [-0.2, -0.15) is 4.98 Å². The lowest BCUT2D eigenvalue weighted by atomic mass is 10.2. The van der Waals surface area contributed by atoms with E-state index in [0.717, 1.165) is 30.0 Å². The van der Waals surface area contributed by atoms with Crippen LogP contribution in [0.25, 0.3) is 17.2 Å². The van der Waals surface area contributed by atoms with Gasteiger partial charge < -0.3 is 14.2 Å². The van der Waals surface area contributed by atoms with Crippen LogP contribution in [0.4, 0.5) is 11.6 Å². The quantitative estimate of drug-likeness (QED) is 0.443. The van der Waals surface area contributed by atoms with Crippen LogP contribution in [0.3, 0.4) is 0 Å². The molecule has 1 aliphatic rings. The van der Waals surface area contributed by atoms with Gasteiger partial charge in [0.05, 0.1) is 6.61 Å². The van der Waals surface area contributed by atoms with Crippen LogP contribution in [0.15, 0.2) is 70.3 Å². The zero-order valence-corrected chi connectivity index (χ0v) is 19.3. The summed E-state index contributed by atoms with van der Waals surface area (Å²) in [5, 5.41) is 0. The molecule has 4 aromatic rings. The lowest BCUT2D eigenvalue weighted by Crippen LogP contribution is -2.39. The summed E-state index contributed by atoms with van der Waals surface area (Å²) in [5.74, 6) is 1.49. The molecule has 5 rings (SSSR count). The molecule has 0 radical (unpaired) electrons. The number of hydrogen-bond donors (Lipinski definition) is 0. The number of nitrogens with zero attached hydrogens (tertiary/aromatic N) is 5. The number of ether oxygens (including phenoxy) is 1. The molecule has 2 aromatic carbocycles. The highest BCUT2D eigenvalue weighted by Gasteiger charge is 2.26. The number of allylic oxidation sites excluding steroid dienone is 1. The highest BCUT2D eigenvalue weighted by molar-refractivity contribution is 5.77. The Labute approximate surface area is 197 Å². The molecule has 0 fully saturated rings. The first-order valence-corrected chi connectivity index (χ1v) is 11.5. The van der Waals surface area contributed by atoms with E-state index in [4.69, 9.17) is 9.72 Å². The Morgan fingerprint density at radius 3 is 2.53 bits per heavy atom. The number of aromatic nitrogens is 4. The summed E-state index contributed by atoms with van der Waals surface area (Å²) < 4.78 is 10.2. The average molecular weight is 458 g/mol. The van der Waals surface area contributed by atoms with Crippen LogP contribution in [-0.4, -0.2) is 31.8 Å². The molecule has 0 saturated carbocycles. The van der Waals surface area contributed by atoms with Crippen LogP contribution in [0.1, 0.15) is 18.9 Å². The van der Waals surface area contributed by atoms with E-state index in [0.29, 0.717) is 30.3 Å². The first-order chi connectivity index (χ1) is 16.6. The van der Waals surface area contributed by atoms with Gasteiger partial charge in [0.1, 0.15) is 5.75 Å². The molecular formula is C26H27N5O3. The van der Waals surface area contributed by atoms with Crippen molar-refractivity contribution >= 4 is 28.9 Å². The normalized spacial score (nSPS) is 13.5. The number of rotatable bonds is 6. The fraction of sp³-hybridized carbons (Fsp3) is 0.269. The van der Waals surface area contributed by atoms with Crippen molar-refractivity contribution in [1.29, 1.82) is 0 Å². The highest BCUT2D eigenvalue weighted by Crippen LogP contribution is 2.31. The van der Waals surface area contributed by atoms with Crippen molar-refractivity contribution in [3.05, 3.63) is 87.1 Å². The summed E-state index contributed by atoms with van der Waals surface area (Å²) >= 11 is 0. The summed E-state index contributed by atoms with van der Waals surface area (Å²) in [6.45, 7) is 4.21. The maximum Gasteiger partial charge on any atom is 0.332 e. The van der Waals surface area contributed by atoms with Crippen LogP contribution in [-0.2, 0) is 20.1 Å². The second-order valence-electron chi connectivity index (χ2n) is 8.24. The van der Waals surface area contributed by atoms with Gasteiger partial charge >= 0.3 is 5.69 Å². The summed E-state index contributed by atoms with van der Waals surface area (Å²) in [5.41, 5.74) is 2.16. The molecule has 8 heteroatoms. The predicted molar refractivity (Wildman–Crippen MR) is 134 cm³/mol. The van der Waals surface area contributed by atoms with Crippen molar-refractivity contribution in [3.8, 4) is 5.75 Å². The molecule has 0 spiro atoms. The van der Waals surface area contributed by atoms with Gasteiger partial charge in [0.25, 0.3) is 5.56 Å². The van der Waals surface area contributed by atoms with E-state index in [1.54, 1.807) is 7.05 Å². The topological polar surface area (TPSA) is 74.3 Å². The fourth-order valence-electron chi connectivity index (χ4n) is 4.42. The minimum Gasteiger partial charge on any atom is -0.494 e. The largest absolute Gasteiger partial charge is 0.494 e. The smallest absolute Gasteiger partial charge is 0.332 e. The van der Waals surface area contributed by atoms with Gasteiger partial charge in [-0.25, -0.2) is 4.79 Å². The molecular weight excluding hydrogens is 430 g/mol. The van der Waals surface area contributed by atoms with Crippen molar-refractivity contribution < 1.29 is 4.74 Å². The minimum atomic E-state index is -0.377. The van der Waals surface area contributed by atoms with Crippen LogP contribution in [0.2, 0.25) is 0 Å². The Kier molecular flexibility index (Phi) is 5.79. The highest BCUT2D eigenvalue weighted by atomic mass is 16.5. The number of hydrogen-bond acceptors (Lipinski definition) is 5. The molecule has 0 atom stereocenters. The molecule has 2 aromatic heterocycles. The van der Waals surface area contributed by atoms with Crippen LogP contribution < -0.4 is 20.9 Å². The zero-order valence-electron chi connectivity index (χ0n) is 19.3. The number of aryl methyl sites for hydroxylation is 2. The fourth-order valence-corrected chi connectivity index (χ4v) is 4.42. The second kappa shape index (κ2) is 9.05. The van der Waals surface area contributed by atoms with E-state index in [1.807, 2.05) is 78.2 Å². The van der Waals surface area contributed by atoms with Gasteiger partial charge in [0.2, 0.25) is 5.95 Å². The molecule has 0 N–H and O–H groups in total. The number of fused-ring (bicyclic) bond motifs is 3. The maximum absolute atomic E-state index is 13.5. The van der Waals surface area contributed by atoms with Crippen LogP contribution in [0.5, 0.6) is 5.75 Å². The standard InChI is InChI=1S/C26H27N5O3/c1-3-34-21-14-12-20(13-15-21)29-17-8-18-30-22-23(27-25(29)30)28(2)26(33)31(24(22)32)16-7-11-19-9-5-4-6-10-19/h4-7,9-15H,3,8,16-18H2,1-2H3/b11-7-. The molecule has 0 aliphatic carbocycles. The summed E-state index contributed by atoms with van der Waals surface area (Å²) in [6.07, 6.45) is 4.61. The molecule has 1 aliphatic heterocycles. The van der Waals surface area contributed by atoms with Crippen molar-refractivity contribution in [2.24, 2.45) is 7.05 Å². The minimum absolute atomic E-state index is 0.194. The van der Waals surface area contributed by atoms with E-state index < -0.39 is 0 Å². The third-order valence-corrected chi connectivity index (χ3v) is 6.07. The molecule has 174 valence electrons. The molecule has 34 heavy (non-hydrogen) atoms. The van der Waals surface area contributed by atoms with Gasteiger partial charge in [0.15, 0.2) is 11.2 Å². The SMILES string of the molecule is CCOc1ccc(N2CCCn3c2nc2c3c(=O)n(C/C=C\c3ccccc3)c(=O)n2C)cc1. The van der Waals surface area contributed by atoms with Crippen LogP contribution >= 0.6 is 0 Å². The third-order valence-electron chi connectivity index (χ3n) is 6.07. The summed E-state index contributed by atoms with van der Waals surface area (Å²) in [7, 11) is 1.67. The Morgan fingerprint density at radius 1 is 1.03 bits per heavy atom. The molecule has 0 bridgehead atoms. The second-order valence-corrected chi connectivity index (χ2v) is 8.24. The average Bonchev–Trinajstić information content (AvgIpc) is 3.26. The van der Waals surface area contributed by atoms with Gasteiger partial charge in [0, 0.05) is 32.4 Å². The molecule has 8 nitrogen and oxygen atoms in total. The monoisotopic (exact) mass is 457 g/mol. The van der Waals surface area contributed by atoms with Crippen molar-refractivity contribution in [2.45, 2.75) is 26.4 Å². The lowest BCUT2D eigenvalue weighted by Gasteiger charge is -2.29. The van der Waals surface area contributed by atoms with E-state index in [-0.39, 0.29) is 17.8 Å². The van der Waals surface area contributed by atoms with E-state index >= 15 is 0 Å². The molecule has 3 heterocycles. The Hall–Kier alpha value is -4.07. The maximum atomic E-state index is 13.5. The van der Waals surface area contributed by atoms with Crippen molar-refractivity contribution in [1.82, 2.24) is 18.7 Å². The van der Waals surface area contributed by atoms with Gasteiger partial charge in [-0.1, -0.05) is 42.5 Å². The van der Waals surface area contributed by atoms with E-state index in [9.17, 15) is 9.59 Å². The number of benzene rings is 2. The van der Waals surface area contributed by atoms with Crippen molar-refractivity contribution in [2.75, 3.05) is 18.1 Å². The first kappa shape index (κ1) is 21.8. The van der Waals surface area contributed by atoms with E-state index in [1.165, 1.54) is 9.13 Å². The molecule has 0 saturated heterocycles.